The van der Waals surface area contributed by atoms with E-state index in [1.807, 2.05) is 41.1 Å². The predicted octanol–water partition coefficient (Wildman–Crippen LogP) is 2.67. The molecule has 0 saturated heterocycles. The summed E-state index contributed by atoms with van der Waals surface area (Å²) in [4.78, 5) is 6.99. The molecule has 0 saturated carbocycles. The highest BCUT2D eigenvalue weighted by atomic mass is 16.5. The van der Waals surface area contributed by atoms with Crippen LogP contribution in [0.1, 0.15) is 17.0 Å². The van der Waals surface area contributed by atoms with Crippen molar-refractivity contribution in [2.75, 3.05) is 20.3 Å². The fourth-order valence-corrected chi connectivity index (χ4v) is 3.69. The van der Waals surface area contributed by atoms with Gasteiger partial charge in [0.15, 0.2) is 5.82 Å². The molecule has 0 unspecified atom stereocenters. The van der Waals surface area contributed by atoms with Crippen molar-refractivity contribution in [3.8, 4) is 11.6 Å². The molecule has 1 aliphatic rings. The third-order valence-corrected chi connectivity index (χ3v) is 5.25. The minimum atomic E-state index is 0.571. The van der Waals surface area contributed by atoms with E-state index < -0.39 is 0 Å². The number of nitrogens with zero attached hydrogens (tertiary/aromatic N) is 6. The summed E-state index contributed by atoms with van der Waals surface area (Å²) in [7, 11) is 1.67. The summed E-state index contributed by atoms with van der Waals surface area (Å²) in [6.45, 7) is 3.35. The van der Waals surface area contributed by atoms with E-state index in [2.05, 4.69) is 38.6 Å². The second-order valence-electron chi connectivity index (χ2n) is 7.31. The van der Waals surface area contributed by atoms with Crippen molar-refractivity contribution in [3.05, 3.63) is 71.5 Å². The maximum absolute atomic E-state index is 5.95. The van der Waals surface area contributed by atoms with Crippen LogP contribution >= 0.6 is 0 Å². The van der Waals surface area contributed by atoms with Gasteiger partial charge in [-0.15, -0.1) is 5.10 Å². The first-order valence-corrected chi connectivity index (χ1v) is 9.90. The van der Waals surface area contributed by atoms with Gasteiger partial charge in [0.2, 0.25) is 5.88 Å². The summed E-state index contributed by atoms with van der Waals surface area (Å²) >= 11 is 0. The molecular formula is C22H22N6O2. The number of aromatic nitrogens is 5. The molecule has 8 heteroatoms. The Kier molecular flexibility index (Phi) is 4.98. The first-order chi connectivity index (χ1) is 14.8. The highest BCUT2D eigenvalue weighted by Gasteiger charge is 2.20. The van der Waals surface area contributed by atoms with Crippen molar-refractivity contribution >= 4 is 10.9 Å². The molecule has 0 radical (unpaired) electrons. The van der Waals surface area contributed by atoms with E-state index in [-0.39, 0.29) is 0 Å². The zero-order valence-electron chi connectivity index (χ0n) is 16.7. The Morgan fingerprint density at radius 2 is 1.97 bits per heavy atom. The lowest BCUT2D eigenvalue weighted by atomic mass is 10.1. The van der Waals surface area contributed by atoms with E-state index in [1.165, 1.54) is 5.56 Å². The molecule has 2 aromatic heterocycles. The summed E-state index contributed by atoms with van der Waals surface area (Å²) < 4.78 is 13.1. The van der Waals surface area contributed by atoms with E-state index in [9.17, 15) is 0 Å². The number of ether oxygens (including phenoxy) is 2. The van der Waals surface area contributed by atoms with Gasteiger partial charge in [0, 0.05) is 24.0 Å². The Morgan fingerprint density at radius 3 is 2.83 bits per heavy atom. The number of fused-ring (bicyclic) bond motifs is 2. The average molecular weight is 402 g/mol. The van der Waals surface area contributed by atoms with Gasteiger partial charge >= 0.3 is 0 Å². The molecule has 3 heterocycles. The molecule has 4 aromatic rings. The summed E-state index contributed by atoms with van der Waals surface area (Å²) in [5.74, 6) is 2.34. The van der Waals surface area contributed by atoms with Gasteiger partial charge in [-0.05, 0) is 40.3 Å². The predicted molar refractivity (Wildman–Crippen MR) is 111 cm³/mol. The molecular weight excluding hydrogens is 380 g/mol. The van der Waals surface area contributed by atoms with Gasteiger partial charge in [0.05, 0.1) is 25.7 Å². The lowest BCUT2D eigenvalue weighted by Gasteiger charge is -2.18. The monoisotopic (exact) mass is 402 g/mol. The Bertz CT molecular complexity index is 1160. The number of hydrogen-bond acceptors (Lipinski definition) is 7. The standard InChI is InChI=1S/C22H22N6O2/c1-29-19-7-8-20-17(12-19)11-18-14-27(9-10-30-22(18)23-20)15-21-24-25-26-28(21)13-16-5-3-2-4-6-16/h2-8,11-12H,9-10,13-15H2,1H3. The van der Waals surface area contributed by atoms with Gasteiger partial charge in [-0.25, -0.2) is 9.67 Å². The molecule has 0 spiro atoms. The molecule has 5 rings (SSSR count). The van der Waals surface area contributed by atoms with Crippen LogP contribution < -0.4 is 9.47 Å². The Hall–Kier alpha value is -3.52. The summed E-state index contributed by atoms with van der Waals surface area (Å²) in [6, 6.07) is 18.2. The van der Waals surface area contributed by atoms with Gasteiger partial charge in [-0.1, -0.05) is 30.3 Å². The summed E-state index contributed by atoms with van der Waals surface area (Å²) in [5.41, 5.74) is 3.12. The highest BCUT2D eigenvalue weighted by molar-refractivity contribution is 5.81. The highest BCUT2D eigenvalue weighted by Crippen LogP contribution is 2.28. The number of methoxy groups -OCH3 is 1. The third-order valence-electron chi connectivity index (χ3n) is 5.25. The first-order valence-electron chi connectivity index (χ1n) is 9.90. The molecule has 2 aromatic carbocycles. The summed E-state index contributed by atoms with van der Waals surface area (Å²) in [5, 5.41) is 13.4. The second-order valence-corrected chi connectivity index (χ2v) is 7.31. The molecule has 30 heavy (non-hydrogen) atoms. The van der Waals surface area contributed by atoms with Gasteiger partial charge < -0.3 is 9.47 Å². The van der Waals surface area contributed by atoms with Crippen LogP contribution in [0.25, 0.3) is 10.9 Å². The first kappa shape index (κ1) is 18.5. The van der Waals surface area contributed by atoms with Gasteiger partial charge in [-0.3, -0.25) is 4.90 Å². The molecule has 0 fully saturated rings. The SMILES string of the molecule is COc1ccc2nc3c(cc2c1)CN(Cc1nnnn1Cc1ccccc1)CCO3. The number of hydrogen-bond donors (Lipinski definition) is 0. The molecule has 0 atom stereocenters. The molecule has 0 amide bonds. The Balaban J connectivity index is 1.38. The Morgan fingerprint density at radius 1 is 1.07 bits per heavy atom. The molecule has 0 N–H and O–H groups in total. The van der Waals surface area contributed by atoms with Crippen molar-refractivity contribution < 1.29 is 9.47 Å². The van der Waals surface area contributed by atoms with Crippen LogP contribution in [0.3, 0.4) is 0 Å². The number of rotatable bonds is 5. The maximum atomic E-state index is 5.95. The maximum Gasteiger partial charge on any atom is 0.218 e. The normalized spacial score (nSPS) is 14.2. The van der Waals surface area contributed by atoms with Crippen molar-refractivity contribution in [1.29, 1.82) is 0 Å². The zero-order valence-corrected chi connectivity index (χ0v) is 16.7. The minimum absolute atomic E-state index is 0.571. The van der Waals surface area contributed by atoms with E-state index in [1.54, 1.807) is 7.11 Å². The molecule has 152 valence electrons. The largest absolute Gasteiger partial charge is 0.497 e. The van der Waals surface area contributed by atoms with Gasteiger partial charge in [0.1, 0.15) is 12.4 Å². The van der Waals surface area contributed by atoms with Crippen LogP contribution in [-0.2, 0) is 19.6 Å². The smallest absolute Gasteiger partial charge is 0.218 e. The molecule has 8 nitrogen and oxygen atoms in total. The van der Waals surface area contributed by atoms with Crippen LogP contribution in [0.4, 0.5) is 0 Å². The third kappa shape index (κ3) is 3.81. The van der Waals surface area contributed by atoms with E-state index in [0.29, 0.717) is 32.1 Å². The van der Waals surface area contributed by atoms with E-state index in [0.717, 1.165) is 34.6 Å². The lowest BCUT2D eigenvalue weighted by molar-refractivity contribution is 0.211. The summed E-state index contributed by atoms with van der Waals surface area (Å²) in [6.07, 6.45) is 0. The number of benzene rings is 2. The minimum Gasteiger partial charge on any atom is -0.497 e. The van der Waals surface area contributed by atoms with Crippen LogP contribution in [-0.4, -0.2) is 50.4 Å². The van der Waals surface area contributed by atoms with Crippen molar-refractivity contribution in [1.82, 2.24) is 30.1 Å². The van der Waals surface area contributed by atoms with Gasteiger partial charge in [-0.2, -0.15) is 0 Å². The second kappa shape index (κ2) is 8.08. The van der Waals surface area contributed by atoms with Gasteiger partial charge in [0.25, 0.3) is 0 Å². The molecule has 1 aliphatic heterocycles. The fraction of sp³-hybridized carbons (Fsp3) is 0.273. The van der Waals surface area contributed by atoms with Crippen molar-refractivity contribution in [3.63, 3.8) is 0 Å². The topological polar surface area (TPSA) is 78.2 Å². The molecule has 0 aliphatic carbocycles. The fourth-order valence-electron chi connectivity index (χ4n) is 3.69. The van der Waals surface area contributed by atoms with Crippen LogP contribution in [0, 0.1) is 0 Å². The van der Waals surface area contributed by atoms with Crippen LogP contribution in [0.5, 0.6) is 11.6 Å². The van der Waals surface area contributed by atoms with Crippen LogP contribution in [0.2, 0.25) is 0 Å². The van der Waals surface area contributed by atoms with Crippen LogP contribution in [0.15, 0.2) is 54.6 Å². The number of tetrazole rings is 1. The lowest BCUT2D eigenvalue weighted by Crippen LogP contribution is -2.27. The average Bonchev–Trinajstić information content (AvgIpc) is 3.10. The van der Waals surface area contributed by atoms with Crippen molar-refractivity contribution in [2.45, 2.75) is 19.6 Å². The number of pyridine rings is 1. The van der Waals surface area contributed by atoms with E-state index >= 15 is 0 Å². The Labute approximate surface area is 174 Å². The quantitative estimate of drug-likeness (QED) is 0.508. The van der Waals surface area contributed by atoms with E-state index in [4.69, 9.17) is 14.5 Å². The zero-order chi connectivity index (χ0) is 20.3. The molecule has 0 bridgehead atoms. The van der Waals surface area contributed by atoms with Crippen molar-refractivity contribution in [2.24, 2.45) is 0 Å².